The van der Waals surface area contributed by atoms with Gasteiger partial charge in [0.2, 0.25) is 0 Å². The Balaban J connectivity index is 3.16. The first-order chi connectivity index (χ1) is 5.70. The van der Waals surface area contributed by atoms with Crippen molar-refractivity contribution in [3.05, 3.63) is 21.5 Å². The Kier molecular flexibility index (Phi) is 1.37. The van der Waals surface area contributed by atoms with E-state index >= 15 is 0 Å². The van der Waals surface area contributed by atoms with Gasteiger partial charge in [0, 0.05) is 7.05 Å². The molecule has 0 aromatic carbocycles. The van der Waals surface area contributed by atoms with E-state index in [0.717, 1.165) is 0 Å². The molecule has 0 fully saturated rings. The van der Waals surface area contributed by atoms with Gasteiger partial charge in [0.05, 0.1) is 6.33 Å². The molecular weight excluding hydrogens is 176 g/mol. The molecule has 0 bridgehead atoms. The fourth-order valence-corrected chi connectivity index (χ4v) is 1.24. The van der Waals surface area contributed by atoms with E-state index in [0.29, 0.717) is 15.8 Å². The zero-order chi connectivity index (χ0) is 8.72. The van der Waals surface area contributed by atoms with E-state index in [2.05, 4.69) is 15.0 Å². The van der Waals surface area contributed by atoms with Gasteiger partial charge in [0.15, 0.2) is 5.65 Å². The molecule has 0 aliphatic carbocycles. The van der Waals surface area contributed by atoms with Crippen molar-refractivity contribution in [1.29, 1.82) is 0 Å². The zero-order valence-corrected chi connectivity index (χ0v) is 7.10. The third kappa shape index (κ3) is 0.814. The Morgan fingerprint density at radius 3 is 3.17 bits per heavy atom. The van der Waals surface area contributed by atoms with Crippen LogP contribution in [0.3, 0.4) is 0 Å². The topological polar surface area (TPSA) is 66.5 Å². The largest absolute Gasteiger partial charge is 0.341 e. The van der Waals surface area contributed by atoms with E-state index in [1.54, 1.807) is 7.05 Å². The monoisotopic (exact) mass is 182 g/mol. The number of H-pyrrole nitrogens is 2. The number of fused-ring (bicyclic) bond motifs is 1. The van der Waals surface area contributed by atoms with E-state index in [1.165, 1.54) is 10.9 Å². The third-order valence-corrected chi connectivity index (χ3v) is 2.17. The number of nitrogens with one attached hydrogen (secondary N) is 2. The Morgan fingerprint density at radius 2 is 2.42 bits per heavy atom. The predicted molar refractivity (Wildman–Crippen MR) is 46.5 cm³/mol. The first-order valence-corrected chi connectivity index (χ1v) is 3.73. The molecule has 0 aliphatic rings. The zero-order valence-electron chi connectivity index (χ0n) is 6.29. The lowest BCUT2D eigenvalue weighted by Gasteiger charge is -1.95. The van der Waals surface area contributed by atoms with Gasteiger partial charge in [-0.05, 0) is 0 Å². The number of aromatic nitrogens is 4. The van der Waals surface area contributed by atoms with Crippen LogP contribution in [0.5, 0.6) is 0 Å². The lowest BCUT2D eigenvalue weighted by molar-refractivity contribution is 0.811. The Morgan fingerprint density at radius 1 is 1.67 bits per heavy atom. The van der Waals surface area contributed by atoms with Crippen LogP contribution in [-0.2, 0) is 7.05 Å². The van der Waals surface area contributed by atoms with Crippen LogP contribution in [0.4, 0.5) is 0 Å². The average molecular weight is 182 g/mol. The van der Waals surface area contributed by atoms with Crippen molar-refractivity contribution in [2.75, 3.05) is 0 Å². The molecule has 0 atom stereocenters. The van der Waals surface area contributed by atoms with E-state index in [9.17, 15) is 4.79 Å². The molecule has 0 radical (unpaired) electrons. The summed E-state index contributed by atoms with van der Waals surface area (Å²) in [6.45, 7) is 0. The molecule has 62 valence electrons. The molecule has 0 saturated heterocycles. The highest BCUT2D eigenvalue weighted by molar-refractivity contribution is 7.71. The number of hydrogen-bond acceptors (Lipinski definition) is 3. The summed E-state index contributed by atoms with van der Waals surface area (Å²) in [6.07, 6.45) is 1.50. The van der Waals surface area contributed by atoms with Gasteiger partial charge >= 0.3 is 5.69 Å². The summed E-state index contributed by atoms with van der Waals surface area (Å²) in [5.74, 6) is 0. The maximum absolute atomic E-state index is 11.1. The molecule has 2 rings (SSSR count). The molecule has 2 aromatic heterocycles. The average Bonchev–Trinajstić information content (AvgIpc) is 2.48. The Bertz CT molecular complexity index is 534. The van der Waals surface area contributed by atoms with Gasteiger partial charge in [-0.3, -0.25) is 9.55 Å². The minimum atomic E-state index is -0.250. The summed E-state index contributed by atoms with van der Waals surface area (Å²) >= 11 is 5.01. The standard InChI is InChI=1S/C6H6N4OS/c1-10-5(12)3-4(8-2-7-3)9-6(10)11/h2H,1H3,(H,7,8)(H,9,11). The Hall–Kier alpha value is -1.43. The highest BCUT2D eigenvalue weighted by Crippen LogP contribution is 2.03. The van der Waals surface area contributed by atoms with Gasteiger partial charge in [-0.2, -0.15) is 0 Å². The second-order valence-corrected chi connectivity index (χ2v) is 2.81. The first-order valence-electron chi connectivity index (χ1n) is 3.32. The van der Waals surface area contributed by atoms with Gasteiger partial charge in [0.25, 0.3) is 0 Å². The minimum Gasteiger partial charge on any atom is -0.341 e. The van der Waals surface area contributed by atoms with E-state index in [-0.39, 0.29) is 5.69 Å². The van der Waals surface area contributed by atoms with Crippen molar-refractivity contribution < 1.29 is 0 Å². The van der Waals surface area contributed by atoms with Crippen molar-refractivity contribution in [2.24, 2.45) is 7.05 Å². The van der Waals surface area contributed by atoms with Crippen molar-refractivity contribution in [2.45, 2.75) is 0 Å². The number of hydrogen-bond donors (Lipinski definition) is 2. The van der Waals surface area contributed by atoms with Crippen LogP contribution >= 0.6 is 12.2 Å². The summed E-state index contributed by atoms with van der Waals surface area (Å²) in [6, 6.07) is 0. The summed E-state index contributed by atoms with van der Waals surface area (Å²) in [5, 5.41) is 0. The van der Waals surface area contributed by atoms with Crippen molar-refractivity contribution in [3.8, 4) is 0 Å². The third-order valence-electron chi connectivity index (χ3n) is 1.69. The van der Waals surface area contributed by atoms with Gasteiger partial charge < -0.3 is 4.98 Å². The molecule has 6 heteroatoms. The quantitative estimate of drug-likeness (QED) is 0.576. The Labute approximate surface area is 72.1 Å². The summed E-state index contributed by atoms with van der Waals surface area (Å²) in [5.41, 5.74) is 0.940. The predicted octanol–water partition coefficient (Wildman–Crippen LogP) is 0.319. The lowest BCUT2D eigenvalue weighted by Crippen LogP contribution is -2.20. The number of rotatable bonds is 0. The van der Waals surface area contributed by atoms with E-state index < -0.39 is 0 Å². The second-order valence-electron chi connectivity index (χ2n) is 2.42. The number of imidazole rings is 1. The van der Waals surface area contributed by atoms with Crippen LogP contribution in [0.2, 0.25) is 0 Å². The maximum atomic E-state index is 11.1. The fraction of sp³-hybridized carbons (Fsp3) is 0.167. The van der Waals surface area contributed by atoms with E-state index in [1.807, 2.05) is 0 Å². The van der Waals surface area contributed by atoms with Gasteiger partial charge in [-0.25, -0.2) is 9.78 Å². The van der Waals surface area contributed by atoms with Gasteiger partial charge in [-0.1, -0.05) is 12.2 Å². The summed E-state index contributed by atoms with van der Waals surface area (Å²) in [4.78, 5) is 20.5. The van der Waals surface area contributed by atoms with Crippen LogP contribution in [0.1, 0.15) is 0 Å². The molecular formula is C6H6N4OS. The SMILES string of the molecule is Cn1c(=O)[nH]c2nc[nH]c2c1=S. The van der Waals surface area contributed by atoms with Crippen LogP contribution in [0, 0.1) is 4.64 Å². The molecule has 0 amide bonds. The highest BCUT2D eigenvalue weighted by atomic mass is 32.1. The smallest absolute Gasteiger partial charge is 0.327 e. The van der Waals surface area contributed by atoms with Gasteiger partial charge in [0.1, 0.15) is 10.2 Å². The van der Waals surface area contributed by atoms with Crippen molar-refractivity contribution in [1.82, 2.24) is 19.5 Å². The lowest BCUT2D eigenvalue weighted by atomic mass is 10.5. The van der Waals surface area contributed by atoms with Crippen molar-refractivity contribution in [3.63, 3.8) is 0 Å². The molecule has 0 unspecified atom stereocenters. The molecule has 12 heavy (non-hydrogen) atoms. The molecule has 0 spiro atoms. The number of nitrogens with zero attached hydrogens (tertiary/aromatic N) is 2. The van der Waals surface area contributed by atoms with E-state index in [4.69, 9.17) is 12.2 Å². The minimum absolute atomic E-state index is 0.250. The molecule has 0 aliphatic heterocycles. The molecule has 0 saturated carbocycles. The molecule has 2 N–H and O–H groups in total. The van der Waals surface area contributed by atoms with Crippen molar-refractivity contribution >= 4 is 23.4 Å². The summed E-state index contributed by atoms with van der Waals surface area (Å²) < 4.78 is 1.82. The maximum Gasteiger partial charge on any atom is 0.327 e. The first kappa shape index (κ1) is 7.23. The van der Waals surface area contributed by atoms with Gasteiger partial charge in [-0.15, -0.1) is 0 Å². The second kappa shape index (κ2) is 2.28. The highest BCUT2D eigenvalue weighted by Gasteiger charge is 2.01. The van der Waals surface area contributed by atoms with Crippen LogP contribution in [-0.4, -0.2) is 19.5 Å². The van der Waals surface area contributed by atoms with Crippen LogP contribution in [0.25, 0.3) is 11.2 Å². The van der Waals surface area contributed by atoms with Crippen LogP contribution in [0.15, 0.2) is 11.1 Å². The molecule has 2 heterocycles. The van der Waals surface area contributed by atoms with Crippen LogP contribution < -0.4 is 5.69 Å². The fourth-order valence-electron chi connectivity index (χ4n) is 0.997. The molecule has 2 aromatic rings. The molecule has 5 nitrogen and oxygen atoms in total. The number of aromatic amines is 2. The normalized spacial score (nSPS) is 10.8. The summed E-state index contributed by atoms with van der Waals surface area (Å²) in [7, 11) is 1.61.